The van der Waals surface area contributed by atoms with Gasteiger partial charge in [0.1, 0.15) is 5.17 Å². The molecule has 0 saturated carbocycles. The topological polar surface area (TPSA) is 12.4 Å². The molecular weight excluding hydrogens is 334 g/mol. The van der Waals surface area contributed by atoms with E-state index in [1.807, 2.05) is 36.4 Å². The summed E-state index contributed by atoms with van der Waals surface area (Å²) in [5.41, 5.74) is 3.18. The van der Waals surface area contributed by atoms with E-state index in [1.165, 1.54) is 5.56 Å². The van der Waals surface area contributed by atoms with Crippen molar-refractivity contribution >= 4 is 38.4 Å². The van der Waals surface area contributed by atoms with Crippen molar-refractivity contribution in [1.82, 2.24) is 0 Å². The molecule has 0 saturated heterocycles. The molecule has 104 valence electrons. The summed E-state index contributed by atoms with van der Waals surface area (Å²) in [6.45, 7) is 6.58. The molecule has 20 heavy (non-hydrogen) atoms. The number of halogens is 2. The van der Waals surface area contributed by atoms with Crippen LogP contribution >= 0.6 is 27.5 Å². The second-order valence-corrected chi connectivity index (χ2v) is 6.89. The Kier molecular flexibility index (Phi) is 4.66. The minimum Gasteiger partial charge on any atom is -0.235 e. The first-order valence-corrected chi connectivity index (χ1v) is 7.64. The lowest BCUT2D eigenvalue weighted by molar-refractivity contribution is 0.590. The van der Waals surface area contributed by atoms with Crippen molar-refractivity contribution in [1.29, 1.82) is 0 Å². The van der Waals surface area contributed by atoms with Crippen LogP contribution in [0.15, 0.2) is 58.0 Å². The first-order chi connectivity index (χ1) is 9.38. The Labute approximate surface area is 133 Å². The zero-order valence-electron chi connectivity index (χ0n) is 11.8. The highest BCUT2D eigenvalue weighted by Gasteiger charge is 2.13. The molecule has 0 aliphatic rings. The second-order valence-electron chi connectivity index (χ2n) is 5.68. The SMILES string of the molecule is CC(C)(C)c1ccc(/C(Cl)=N/c2ccccc2Br)cc1. The molecule has 0 aliphatic heterocycles. The van der Waals surface area contributed by atoms with E-state index in [1.54, 1.807) is 0 Å². The summed E-state index contributed by atoms with van der Waals surface area (Å²) in [4.78, 5) is 4.46. The Morgan fingerprint density at radius 1 is 1.00 bits per heavy atom. The summed E-state index contributed by atoms with van der Waals surface area (Å²) in [6.07, 6.45) is 0. The third-order valence-corrected chi connectivity index (χ3v) is 4.03. The van der Waals surface area contributed by atoms with Gasteiger partial charge in [-0.1, -0.05) is 68.8 Å². The summed E-state index contributed by atoms with van der Waals surface area (Å²) in [6, 6.07) is 16.0. The van der Waals surface area contributed by atoms with Crippen molar-refractivity contribution < 1.29 is 0 Å². The van der Waals surface area contributed by atoms with Gasteiger partial charge in [-0.25, -0.2) is 4.99 Å². The fraction of sp³-hybridized carbons (Fsp3) is 0.235. The molecule has 0 unspecified atom stereocenters. The minimum atomic E-state index is 0.143. The van der Waals surface area contributed by atoms with Gasteiger partial charge in [-0.15, -0.1) is 0 Å². The number of benzene rings is 2. The van der Waals surface area contributed by atoms with Crippen molar-refractivity contribution in [3.8, 4) is 0 Å². The molecular formula is C17H17BrClN. The molecule has 0 bridgehead atoms. The lowest BCUT2D eigenvalue weighted by atomic mass is 9.87. The Morgan fingerprint density at radius 3 is 2.15 bits per heavy atom. The zero-order valence-corrected chi connectivity index (χ0v) is 14.2. The summed E-state index contributed by atoms with van der Waals surface area (Å²) in [5, 5.41) is 0.498. The summed E-state index contributed by atoms with van der Waals surface area (Å²) < 4.78 is 0.935. The second kappa shape index (κ2) is 6.11. The van der Waals surface area contributed by atoms with Crippen LogP contribution in [0, 0.1) is 0 Å². The van der Waals surface area contributed by atoms with Gasteiger partial charge in [0.15, 0.2) is 0 Å². The van der Waals surface area contributed by atoms with Gasteiger partial charge in [-0.3, -0.25) is 0 Å². The van der Waals surface area contributed by atoms with Crippen LogP contribution < -0.4 is 0 Å². The number of hydrogen-bond donors (Lipinski definition) is 0. The van der Waals surface area contributed by atoms with Gasteiger partial charge < -0.3 is 0 Å². The lowest BCUT2D eigenvalue weighted by Gasteiger charge is -2.18. The van der Waals surface area contributed by atoms with E-state index in [0.29, 0.717) is 5.17 Å². The molecule has 0 aromatic heterocycles. The quantitative estimate of drug-likeness (QED) is 0.583. The molecule has 0 amide bonds. The van der Waals surface area contributed by atoms with Gasteiger partial charge in [-0.2, -0.15) is 0 Å². The number of aliphatic imine (C=N–C) groups is 1. The Bertz CT molecular complexity index is 624. The Balaban J connectivity index is 2.30. The van der Waals surface area contributed by atoms with E-state index in [0.717, 1.165) is 15.7 Å². The van der Waals surface area contributed by atoms with Crippen molar-refractivity contribution in [2.24, 2.45) is 4.99 Å². The fourth-order valence-electron chi connectivity index (χ4n) is 1.82. The Morgan fingerprint density at radius 2 is 1.60 bits per heavy atom. The van der Waals surface area contributed by atoms with E-state index in [2.05, 4.69) is 53.8 Å². The predicted octanol–water partition coefficient (Wildman–Crippen LogP) is 6.06. The van der Waals surface area contributed by atoms with Crippen LogP contribution in [0.25, 0.3) is 0 Å². The average Bonchev–Trinajstić information content (AvgIpc) is 2.40. The highest BCUT2D eigenvalue weighted by Crippen LogP contribution is 2.27. The van der Waals surface area contributed by atoms with E-state index in [-0.39, 0.29) is 5.41 Å². The molecule has 2 rings (SSSR count). The highest BCUT2D eigenvalue weighted by molar-refractivity contribution is 9.10. The van der Waals surface area contributed by atoms with Crippen LogP contribution in [-0.4, -0.2) is 5.17 Å². The van der Waals surface area contributed by atoms with E-state index in [4.69, 9.17) is 11.6 Å². The first kappa shape index (κ1) is 15.3. The summed E-state index contributed by atoms with van der Waals surface area (Å²) >= 11 is 9.78. The van der Waals surface area contributed by atoms with Crippen molar-refractivity contribution in [3.05, 3.63) is 64.1 Å². The summed E-state index contributed by atoms with van der Waals surface area (Å²) in [5.74, 6) is 0. The maximum Gasteiger partial charge on any atom is 0.136 e. The molecule has 0 N–H and O–H groups in total. The fourth-order valence-corrected chi connectivity index (χ4v) is 2.41. The predicted molar refractivity (Wildman–Crippen MR) is 91.3 cm³/mol. The number of nitrogens with zero attached hydrogens (tertiary/aromatic N) is 1. The standard InChI is InChI=1S/C17H17BrClN/c1-17(2,3)13-10-8-12(9-11-13)16(19)20-15-7-5-4-6-14(15)18/h4-11H,1-3H3/b20-16-. The highest BCUT2D eigenvalue weighted by atomic mass is 79.9. The number of rotatable bonds is 2. The monoisotopic (exact) mass is 349 g/mol. The molecule has 3 heteroatoms. The number of para-hydroxylation sites is 1. The summed E-state index contributed by atoms with van der Waals surface area (Å²) in [7, 11) is 0. The van der Waals surface area contributed by atoms with Crippen molar-refractivity contribution in [3.63, 3.8) is 0 Å². The van der Waals surface area contributed by atoms with Gasteiger partial charge >= 0.3 is 0 Å². The molecule has 0 spiro atoms. The van der Waals surface area contributed by atoms with Crippen molar-refractivity contribution in [2.75, 3.05) is 0 Å². The number of hydrogen-bond acceptors (Lipinski definition) is 1. The van der Waals surface area contributed by atoms with Crippen LogP contribution in [-0.2, 0) is 5.41 Å². The average molecular weight is 351 g/mol. The van der Waals surface area contributed by atoms with Gasteiger partial charge in [0.05, 0.1) is 5.69 Å². The largest absolute Gasteiger partial charge is 0.235 e. The van der Waals surface area contributed by atoms with Crippen LogP contribution in [0.2, 0.25) is 0 Å². The van der Waals surface area contributed by atoms with Crippen LogP contribution in [0.1, 0.15) is 31.9 Å². The molecule has 1 nitrogen and oxygen atoms in total. The van der Waals surface area contributed by atoms with Gasteiger partial charge in [-0.05, 0) is 39.0 Å². The van der Waals surface area contributed by atoms with Crippen molar-refractivity contribution in [2.45, 2.75) is 26.2 Å². The normalized spacial score (nSPS) is 12.6. The van der Waals surface area contributed by atoms with Crippen LogP contribution in [0.5, 0.6) is 0 Å². The lowest BCUT2D eigenvalue weighted by Crippen LogP contribution is -2.10. The molecule has 2 aromatic rings. The molecule has 0 radical (unpaired) electrons. The molecule has 2 aromatic carbocycles. The third-order valence-electron chi connectivity index (χ3n) is 3.06. The Hall–Kier alpha value is -1.12. The van der Waals surface area contributed by atoms with E-state index < -0.39 is 0 Å². The molecule has 0 heterocycles. The first-order valence-electron chi connectivity index (χ1n) is 6.47. The van der Waals surface area contributed by atoms with Gasteiger partial charge in [0.2, 0.25) is 0 Å². The van der Waals surface area contributed by atoms with E-state index in [9.17, 15) is 0 Å². The smallest absolute Gasteiger partial charge is 0.136 e. The van der Waals surface area contributed by atoms with E-state index >= 15 is 0 Å². The molecule has 0 fully saturated rings. The third kappa shape index (κ3) is 3.71. The zero-order chi connectivity index (χ0) is 14.8. The van der Waals surface area contributed by atoms with Gasteiger partial charge in [0, 0.05) is 10.0 Å². The molecule has 0 atom stereocenters. The minimum absolute atomic E-state index is 0.143. The maximum absolute atomic E-state index is 6.31. The molecule has 0 aliphatic carbocycles. The van der Waals surface area contributed by atoms with Gasteiger partial charge in [0.25, 0.3) is 0 Å². The van der Waals surface area contributed by atoms with Crippen LogP contribution in [0.4, 0.5) is 5.69 Å². The van der Waals surface area contributed by atoms with Crippen LogP contribution in [0.3, 0.4) is 0 Å². The maximum atomic E-state index is 6.31.